The predicted molar refractivity (Wildman–Crippen MR) is 156 cm³/mol. The SMILES string of the molecule is CSc1ccc(C(=O)[C@@H]2CCCC(C(=O)Oc3ccccc3)C[C@H]2Cc2ccc(OC(C)(C)C(=O)O)cc2)cc1. The molecular weight excluding hydrogens is 524 g/mol. The molecule has 3 aromatic carbocycles. The number of carboxylic acids is 1. The second-order valence-corrected chi connectivity index (χ2v) is 11.7. The molecule has 40 heavy (non-hydrogen) atoms. The van der Waals surface area contributed by atoms with Gasteiger partial charge in [0.1, 0.15) is 11.5 Å². The van der Waals surface area contributed by atoms with E-state index in [9.17, 15) is 19.5 Å². The van der Waals surface area contributed by atoms with Gasteiger partial charge in [-0.25, -0.2) is 4.79 Å². The number of thioether (sulfide) groups is 1. The van der Waals surface area contributed by atoms with E-state index in [4.69, 9.17) is 9.47 Å². The lowest BCUT2D eigenvalue weighted by Crippen LogP contribution is -2.37. The van der Waals surface area contributed by atoms with Crippen LogP contribution < -0.4 is 9.47 Å². The monoisotopic (exact) mass is 560 g/mol. The molecule has 0 aromatic heterocycles. The number of ketones is 1. The third-order valence-electron chi connectivity index (χ3n) is 7.54. The lowest BCUT2D eigenvalue weighted by Gasteiger charge is -2.26. The summed E-state index contributed by atoms with van der Waals surface area (Å²) in [6, 6.07) is 24.2. The smallest absolute Gasteiger partial charge is 0.347 e. The van der Waals surface area contributed by atoms with Gasteiger partial charge in [-0.1, -0.05) is 48.9 Å². The van der Waals surface area contributed by atoms with E-state index in [-0.39, 0.29) is 29.5 Å². The van der Waals surface area contributed by atoms with Crippen LogP contribution in [0.15, 0.2) is 83.8 Å². The Bertz CT molecular complexity index is 1300. The first-order chi connectivity index (χ1) is 19.2. The topological polar surface area (TPSA) is 89.9 Å². The minimum absolute atomic E-state index is 0.0641. The quantitative estimate of drug-likeness (QED) is 0.0929. The van der Waals surface area contributed by atoms with Crippen LogP contribution in [0, 0.1) is 17.8 Å². The number of ether oxygens (including phenoxy) is 2. The molecule has 1 aliphatic rings. The van der Waals surface area contributed by atoms with E-state index in [2.05, 4.69) is 0 Å². The van der Waals surface area contributed by atoms with Crippen LogP contribution in [0.5, 0.6) is 11.5 Å². The van der Waals surface area contributed by atoms with E-state index in [1.807, 2.05) is 60.9 Å². The van der Waals surface area contributed by atoms with Crippen molar-refractivity contribution < 1.29 is 29.0 Å². The summed E-state index contributed by atoms with van der Waals surface area (Å²) in [7, 11) is 0. The minimum atomic E-state index is -1.35. The number of hydrogen-bond donors (Lipinski definition) is 1. The number of carboxylic acid groups (broad SMARTS) is 1. The Morgan fingerprint density at radius 3 is 2.20 bits per heavy atom. The van der Waals surface area contributed by atoms with E-state index in [0.29, 0.717) is 42.7 Å². The molecule has 1 N–H and O–H groups in total. The second kappa shape index (κ2) is 13.2. The van der Waals surface area contributed by atoms with E-state index < -0.39 is 11.6 Å². The van der Waals surface area contributed by atoms with Crippen molar-refractivity contribution in [1.82, 2.24) is 0 Å². The third kappa shape index (κ3) is 7.54. The van der Waals surface area contributed by atoms with Crippen LogP contribution in [0.25, 0.3) is 0 Å². The Morgan fingerprint density at radius 1 is 0.900 bits per heavy atom. The molecule has 1 saturated carbocycles. The first kappa shape index (κ1) is 29.4. The van der Waals surface area contributed by atoms with Crippen molar-refractivity contribution in [3.8, 4) is 11.5 Å². The van der Waals surface area contributed by atoms with Gasteiger partial charge in [0.25, 0.3) is 0 Å². The maximum atomic E-state index is 13.8. The molecule has 3 atom stereocenters. The van der Waals surface area contributed by atoms with Crippen molar-refractivity contribution in [1.29, 1.82) is 0 Å². The van der Waals surface area contributed by atoms with Gasteiger partial charge >= 0.3 is 11.9 Å². The molecule has 0 aliphatic heterocycles. The Hall–Kier alpha value is -3.58. The van der Waals surface area contributed by atoms with Crippen LogP contribution in [-0.2, 0) is 16.0 Å². The van der Waals surface area contributed by atoms with Crippen molar-refractivity contribution in [3.63, 3.8) is 0 Å². The van der Waals surface area contributed by atoms with Crippen molar-refractivity contribution in [3.05, 3.63) is 90.0 Å². The zero-order valence-corrected chi connectivity index (χ0v) is 24.0. The average molecular weight is 561 g/mol. The van der Waals surface area contributed by atoms with Crippen molar-refractivity contribution in [2.24, 2.45) is 17.8 Å². The number of benzene rings is 3. The van der Waals surface area contributed by atoms with Crippen molar-refractivity contribution >= 4 is 29.5 Å². The fourth-order valence-corrected chi connectivity index (χ4v) is 5.65. The number of hydrogen-bond acceptors (Lipinski definition) is 6. The normalized spacial score (nSPS) is 19.3. The molecule has 7 heteroatoms. The molecule has 0 spiro atoms. The van der Waals surface area contributed by atoms with Crippen LogP contribution in [0.4, 0.5) is 0 Å². The molecule has 1 fully saturated rings. The van der Waals surface area contributed by atoms with E-state index >= 15 is 0 Å². The van der Waals surface area contributed by atoms with Gasteiger partial charge < -0.3 is 14.6 Å². The van der Waals surface area contributed by atoms with E-state index in [1.165, 1.54) is 13.8 Å². The van der Waals surface area contributed by atoms with Gasteiger partial charge in [0.2, 0.25) is 0 Å². The number of para-hydroxylation sites is 1. The highest BCUT2D eigenvalue weighted by Crippen LogP contribution is 2.38. The summed E-state index contributed by atoms with van der Waals surface area (Å²) < 4.78 is 11.4. The number of aliphatic carboxylic acids is 1. The molecule has 0 bridgehead atoms. The molecule has 3 aromatic rings. The van der Waals surface area contributed by atoms with E-state index in [0.717, 1.165) is 16.9 Å². The van der Waals surface area contributed by atoms with Gasteiger partial charge in [-0.15, -0.1) is 11.8 Å². The molecule has 0 saturated heterocycles. The van der Waals surface area contributed by atoms with Crippen LogP contribution in [0.2, 0.25) is 0 Å². The molecule has 0 heterocycles. The standard InChI is InChI=1S/C33H36O6S/c1-33(2,32(36)37)39-27-16-12-22(13-17-27)20-25-21-24(31(35)38-26-9-5-4-6-10-26)8-7-11-29(25)30(34)23-14-18-28(40-3)19-15-23/h4-6,9-10,12-19,24-25,29H,7-8,11,20-21H2,1-3H3,(H,36,37)/t24?,25-,29-/m1/s1. The Morgan fingerprint density at radius 2 is 1.57 bits per heavy atom. The number of rotatable bonds is 10. The van der Waals surface area contributed by atoms with Gasteiger partial charge in [0.15, 0.2) is 11.4 Å². The number of Topliss-reactive ketones (excluding diaryl/α,β-unsaturated/α-hetero) is 1. The summed E-state index contributed by atoms with van der Waals surface area (Å²) in [4.78, 5) is 39.5. The highest BCUT2D eigenvalue weighted by molar-refractivity contribution is 7.98. The molecule has 1 aliphatic carbocycles. The van der Waals surface area contributed by atoms with Crippen molar-refractivity contribution in [2.75, 3.05) is 6.26 Å². The zero-order valence-electron chi connectivity index (χ0n) is 23.2. The summed E-state index contributed by atoms with van der Waals surface area (Å²) in [6.07, 6.45) is 5.31. The van der Waals surface area contributed by atoms with Gasteiger partial charge in [-0.05, 0) is 93.7 Å². The molecule has 1 unspecified atom stereocenters. The van der Waals surface area contributed by atoms with Crippen LogP contribution in [0.3, 0.4) is 0 Å². The largest absolute Gasteiger partial charge is 0.478 e. The fraction of sp³-hybridized carbons (Fsp3) is 0.364. The van der Waals surface area contributed by atoms with Gasteiger partial charge in [-0.3, -0.25) is 9.59 Å². The molecular formula is C33H36O6S. The molecule has 0 radical (unpaired) electrons. The van der Waals surface area contributed by atoms with Crippen molar-refractivity contribution in [2.45, 2.75) is 56.4 Å². The number of carbonyl (C=O) groups is 3. The van der Waals surface area contributed by atoms with Crippen LogP contribution >= 0.6 is 11.8 Å². The molecule has 0 amide bonds. The molecule has 6 nitrogen and oxygen atoms in total. The summed E-state index contributed by atoms with van der Waals surface area (Å²) in [6.45, 7) is 3.01. The zero-order chi connectivity index (χ0) is 28.7. The highest BCUT2D eigenvalue weighted by atomic mass is 32.2. The maximum Gasteiger partial charge on any atom is 0.347 e. The summed E-state index contributed by atoms with van der Waals surface area (Å²) in [5.41, 5.74) is 0.342. The third-order valence-corrected chi connectivity index (χ3v) is 8.28. The summed E-state index contributed by atoms with van der Waals surface area (Å²) in [5, 5.41) is 9.37. The maximum absolute atomic E-state index is 13.8. The average Bonchev–Trinajstić information content (AvgIpc) is 3.16. The van der Waals surface area contributed by atoms with Crippen LogP contribution in [0.1, 0.15) is 55.5 Å². The fourth-order valence-electron chi connectivity index (χ4n) is 5.24. The Labute approximate surface area is 240 Å². The summed E-state index contributed by atoms with van der Waals surface area (Å²) >= 11 is 1.64. The molecule has 4 rings (SSSR count). The Kier molecular flexibility index (Phi) is 9.69. The second-order valence-electron chi connectivity index (χ2n) is 10.8. The number of esters is 1. The van der Waals surface area contributed by atoms with Gasteiger partial charge in [0.05, 0.1) is 5.92 Å². The van der Waals surface area contributed by atoms with Gasteiger partial charge in [-0.2, -0.15) is 0 Å². The predicted octanol–water partition coefficient (Wildman–Crippen LogP) is 7.10. The van der Waals surface area contributed by atoms with E-state index in [1.54, 1.807) is 36.0 Å². The van der Waals surface area contributed by atoms with Gasteiger partial charge in [0, 0.05) is 16.4 Å². The lowest BCUT2D eigenvalue weighted by atomic mass is 9.77. The lowest BCUT2D eigenvalue weighted by molar-refractivity contribution is -0.152. The molecule has 210 valence electrons. The van der Waals surface area contributed by atoms with Crippen LogP contribution in [-0.4, -0.2) is 34.7 Å². The summed E-state index contributed by atoms with van der Waals surface area (Å²) in [5.74, 6) is -0.804. The first-order valence-corrected chi connectivity index (χ1v) is 14.8. The minimum Gasteiger partial charge on any atom is -0.478 e. The Balaban J connectivity index is 1.56. The highest BCUT2D eigenvalue weighted by Gasteiger charge is 2.36. The number of carbonyl (C=O) groups excluding carboxylic acids is 2. The first-order valence-electron chi connectivity index (χ1n) is 13.6.